The van der Waals surface area contributed by atoms with Gasteiger partial charge >= 0.3 is 0 Å². The molecule has 1 aliphatic rings. The van der Waals surface area contributed by atoms with Gasteiger partial charge in [-0.1, -0.05) is 50.2 Å². The van der Waals surface area contributed by atoms with Crippen LogP contribution in [0.5, 0.6) is 5.75 Å². The van der Waals surface area contributed by atoms with Crippen molar-refractivity contribution in [3.8, 4) is 17.1 Å². The van der Waals surface area contributed by atoms with E-state index in [-0.39, 0.29) is 17.4 Å². The maximum atomic E-state index is 12.6. The molecule has 1 fully saturated rings. The van der Waals surface area contributed by atoms with Crippen molar-refractivity contribution in [2.45, 2.75) is 58.5 Å². The zero-order valence-corrected chi connectivity index (χ0v) is 18.6. The Morgan fingerprint density at radius 3 is 2.45 bits per heavy atom. The van der Waals surface area contributed by atoms with Crippen LogP contribution in [0, 0.1) is 0 Å². The Bertz CT molecular complexity index is 1030. The molecule has 6 nitrogen and oxygen atoms in total. The molecule has 0 bridgehead atoms. The number of amides is 1. The Morgan fingerprint density at radius 1 is 1.10 bits per heavy atom. The van der Waals surface area contributed by atoms with Crippen LogP contribution in [0.4, 0.5) is 0 Å². The quantitative estimate of drug-likeness (QED) is 0.542. The van der Waals surface area contributed by atoms with E-state index in [4.69, 9.17) is 9.26 Å². The smallest absolute Gasteiger partial charge is 0.249 e. The fourth-order valence-corrected chi connectivity index (χ4v) is 3.85. The molecule has 1 atom stereocenters. The number of benzene rings is 2. The number of aromatic nitrogens is 2. The van der Waals surface area contributed by atoms with Crippen LogP contribution in [-0.4, -0.2) is 27.6 Å². The molecule has 0 radical (unpaired) electrons. The maximum absolute atomic E-state index is 12.6. The van der Waals surface area contributed by atoms with E-state index in [0.717, 1.165) is 16.9 Å². The van der Waals surface area contributed by atoms with Gasteiger partial charge in [-0.3, -0.25) is 4.79 Å². The van der Waals surface area contributed by atoms with E-state index >= 15 is 0 Å². The first-order valence-corrected chi connectivity index (χ1v) is 10.8. The first-order valence-electron chi connectivity index (χ1n) is 10.8. The van der Waals surface area contributed by atoms with Crippen LogP contribution in [0.25, 0.3) is 11.4 Å². The van der Waals surface area contributed by atoms with Crippen LogP contribution in [0.1, 0.15) is 63.6 Å². The van der Waals surface area contributed by atoms with E-state index in [1.807, 2.05) is 36.1 Å². The van der Waals surface area contributed by atoms with Gasteiger partial charge in [0.1, 0.15) is 11.8 Å². The van der Waals surface area contributed by atoms with Gasteiger partial charge in [0.05, 0.1) is 6.61 Å². The number of rotatable bonds is 6. The van der Waals surface area contributed by atoms with Crippen molar-refractivity contribution in [1.82, 2.24) is 15.0 Å². The van der Waals surface area contributed by atoms with Crippen LogP contribution < -0.4 is 4.74 Å². The van der Waals surface area contributed by atoms with E-state index in [1.165, 1.54) is 5.56 Å². The van der Waals surface area contributed by atoms with E-state index in [1.54, 1.807) is 0 Å². The first-order chi connectivity index (χ1) is 14.8. The van der Waals surface area contributed by atoms with Crippen LogP contribution in [0.15, 0.2) is 53.1 Å². The lowest BCUT2D eigenvalue weighted by Gasteiger charge is -2.23. The minimum absolute atomic E-state index is 0.103. The lowest BCUT2D eigenvalue weighted by atomic mass is 9.87. The Labute approximate surface area is 183 Å². The number of nitrogens with zero attached hydrogens (tertiary/aromatic N) is 3. The third-order valence-corrected chi connectivity index (χ3v) is 5.65. The lowest BCUT2D eigenvalue weighted by molar-refractivity contribution is -0.129. The highest BCUT2D eigenvalue weighted by Crippen LogP contribution is 2.34. The topological polar surface area (TPSA) is 68.5 Å². The van der Waals surface area contributed by atoms with E-state index in [0.29, 0.717) is 37.7 Å². The molecule has 3 aromatic rings. The van der Waals surface area contributed by atoms with Gasteiger partial charge in [0, 0.05) is 18.5 Å². The number of carbonyl (C=O) groups excluding carboxylic acids is 1. The molecule has 31 heavy (non-hydrogen) atoms. The summed E-state index contributed by atoms with van der Waals surface area (Å²) in [7, 11) is 0. The van der Waals surface area contributed by atoms with Crippen LogP contribution in [-0.2, 0) is 16.8 Å². The van der Waals surface area contributed by atoms with Gasteiger partial charge in [0.15, 0.2) is 0 Å². The average molecular weight is 420 g/mol. The lowest BCUT2D eigenvalue weighted by Crippen LogP contribution is -2.27. The minimum Gasteiger partial charge on any atom is -0.494 e. The van der Waals surface area contributed by atoms with Crippen molar-refractivity contribution in [3.05, 3.63) is 65.5 Å². The molecule has 0 aliphatic carbocycles. The Kier molecular flexibility index (Phi) is 5.81. The largest absolute Gasteiger partial charge is 0.494 e. The van der Waals surface area contributed by atoms with E-state index in [2.05, 4.69) is 55.2 Å². The Hall–Kier alpha value is -3.15. The minimum atomic E-state index is -0.196. The normalized spacial score (nSPS) is 16.7. The summed E-state index contributed by atoms with van der Waals surface area (Å²) in [5.41, 5.74) is 3.33. The molecule has 0 spiro atoms. The summed E-state index contributed by atoms with van der Waals surface area (Å²) in [6.07, 6.45) is 1.18. The predicted molar refractivity (Wildman–Crippen MR) is 119 cm³/mol. The fraction of sp³-hybridized carbons (Fsp3) is 0.400. The van der Waals surface area contributed by atoms with Crippen molar-refractivity contribution >= 4 is 5.91 Å². The van der Waals surface area contributed by atoms with Gasteiger partial charge in [-0.25, -0.2) is 0 Å². The second-order valence-electron chi connectivity index (χ2n) is 8.94. The highest BCUT2D eigenvalue weighted by molar-refractivity contribution is 5.78. The highest BCUT2D eigenvalue weighted by atomic mass is 16.5. The average Bonchev–Trinajstić information content (AvgIpc) is 3.36. The first kappa shape index (κ1) is 21.1. The van der Waals surface area contributed by atoms with Crippen LogP contribution in [0.3, 0.4) is 0 Å². The molecule has 0 saturated carbocycles. The van der Waals surface area contributed by atoms with E-state index < -0.39 is 0 Å². The molecule has 1 unspecified atom stereocenters. The third-order valence-electron chi connectivity index (χ3n) is 5.65. The number of likely N-dealkylation sites (tertiary alicyclic amines) is 1. The molecule has 6 heteroatoms. The number of hydrogen-bond acceptors (Lipinski definition) is 5. The molecule has 4 rings (SSSR count). The number of ether oxygens (including phenoxy) is 1. The van der Waals surface area contributed by atoms with Crippen molar-refractivity contribution in [3.63, 3.8) is 0 Å². The van der Waals surface area contributed by atoms with Crippen molar-refractivity contribution < 1.29 is 14.1 Å². The zero-order chi connectivity index (χ0) is 22.0. The van der Waals surface area contributed by atoms with Gasteiger partial charge in [-0.15, -0.1) is 0 Å². The number of carbonyl (C=O) groups is 1. The molecule has 1 aliphatic heterocycles. The zero-order valence-electron chi connectivity index (χ0n) is 18.6. The van der Waals surface area contributed by atoms with Gasteiger partial charge in [0.25, 0.3) is 0 Å². The summed E-state index contributed by atoms with van der Waals surface area (Å²) in [5, 5.41) is 4.15. The second-order valence-corrected chi connectivity index (χ2v) is 8.94. The SMILES string of the molecule is CCOc1ccc(-c2noc(C3CCC(=O)N3Cc3ccc(C(C)(C)C)cc3)n2)cc1. The van der Waals surface area contributed by atoms with E-state index in [9.17, 15) is 4.79 Å². The van der Waals surface area contributed by atoms with Crippen LogP contribution >= 0.6 is 0 Å². The van der Waals surface area contributed by atoms with Gasteiger partial charge < -0.3 is 14.2 Å². The Morgan fingerprint density at radius 2 is 1.81 bits per heavy atom. The fourth-order valence-electron chi connectivity index (χ4n) is 3.85. The second kappa shape index (κ2) is 8.53. The Balaban J connectivity index is 1.50. The number of hydrogen-bond donors (Lipinski definition) is 0. The molecule has 1 saturated heterocycles. The van der Waals surface area contributed by atoms with Crippen molar-refractivity contribution in [2.75, 3.05) is 6.61 Å². The summed E-state index contributed by atoms with van der Waals surface area (Å²) in [6, 6.07) is 15.9. The summed E-state index contributed by atoms with van der Waals surface area (Å²) in [5.74, 6) is 1.93. The summed E-state index contributed by atoms with van der Waals surface area (Å²) >= 11 is 0. The van der Waals surface area contributed by atoms with Gasteiger partial charge in [-0.2, -0.15) is 4.98 Å². The molecule has 0 N–H and O–H groups in total. The molecule has 1 amide bonds. The third kappa shape index (κ3) is 4.63. The van der Waals surface area contributed by atoms with Crippen LogP contribution in [0.2, 0.25) is 0 Å². The van der Waals surface area contributed by atoms with Gasteiger partial charge in [0.2, 0.25) is 17.6 Å². The molecular weight excluding hydrogens is 390 g/mol. The highest BCUT2D eigenvalue weighted by Gasteiger charge is 2.36. The van der Waals surface area contributed by atoms with Gasteiger partial charge in [-0.05, 0) is 54.2 Å². The monoisotopic (exact) mass is 419 g/mol. The standard InChI is InChI=1S/C25H29N3O3/c1-5-30-20-12-8-18(9-13-20)23-26-24(31-27-23)21-14-15-22(29)28(21)16-17-6-10-19(11-7-17)25(2,3)4/h6-13,21H,5,14-16H2,1-4H3. The molecule has 2 aromatic carbocycles. The summed E-state index contributed by atoms with van der Waals surface area (Å²) in [6.45, 7) is 9.69. The summed E-state index contributed by atoms with van der Waals surface area (Å²) < 4.78 is 11.1. The molecular formula is C25H29N3O3. The molecule has 2 heterocycles. The molecule has 162 valence electrons. The maximum Gasteiger partial charge on any atom is 0.249 e. The summed E-state index contributed by atoms with van der Waals surface area (Å²) in [4.78, 5) is 19.0. The molecule has 1 aromatic heterocycles. The predicted octanol–water partition coefficient (Wildman–Crippen LogP) is 5.30. The van der Waals surface area contributed by atoms with Crippen molar-refractivity contribution in [1.29, 1.82) is 0 Å². The van der Waals surface area contributed by atoms with Crippen molar-refractivity contribution in [2.24, 2.45) is 0 Å².